The summed E-state index contributed by atoms with van der Waals surface area (Å²) in [6, 6.07) is 14.3. The molecule has 0 saturated carbocycles. The summed E-state index contributed by atoms with van der Waals surface area (Å²) in [5.74, 6) is -1.64. The van der Waals surface area contributed by atoms with Crippen LogP contribution in [-0.4, -0.2) is 28.6 Å². The number of hydrogen-bond acceptors (Lipinski definition) is 5. The molecule has 0 N–H and O–H groups in total. The zero-order valence-electron chi connectivity index (χ0n) is 17.3. The van der Waals surface area contributed by atoms with E-state index in [-0.39, 0.29) is 11.4 Å². The predicted octanol–water partition coefficient (Wildman–Crippen LogP) is 4.61. The molecule has 0 aliphatic carbocycles. The molecular formula is C22H18ClF2N5O2S. The Morgan fingerprint density at radius 1 is 1.06 bits per heavy atom. The van der Waals surface area contributed by atoms with E-state index < -0.39 is 33.4 Å². The minimum atomic E-state index is -4.32. The normalized spacial score (nSPS) is 12.5. The van der Waals surface area contributed by atoms with Crippen LogP contribution in [0.3, 0.4) is 0 Å². The number of benzene rings is 3. The number of nitrogens with zero attached hydrogens (tertiary/aromatic N) is 5. The zero-order valence-corrected chi connectivity index (χ0v) is 18.9. The lowest BCUT2D eigenvalue weighted by Crippen LogP contribution is -2.35. The highest BCUT2D eigenvalue weighted by Crippen LogP contribution is 2.36. The third kappa shape index (κ3) is 4.71. The Morgan fingerprint density at radius 3 is 2.48 bits per heavy atom. The molecule has 0 saturated heterocycles. The van der Waals surface area contributed by atoms with Gasteiger partial charge in [0.1, 0.15) is 18.0 Å². The predicted molar refractivity (Wildman–Crippen MR) is 119 cm³/mol. The highest BCUT2D eigenvalue weighted by Gasteiger charge is 2.33. The van der Waals surface area contributed by atoms with Gasteiger partial charge in [-0.15, -0.1) is 5.10 Å². The molecule has 7 nitrogen and oxygen atoms in total. The molecule has 0 bridgehead atoms. The van der Waals surface area contributed by atoms with Crippen molar-refractivity contribution in [2.45, 2.75) is 24.4 Å². The molecule has 0 aliphatic rings. The quantitative estimate of drug-likeness (QED) is 0.378. The van der Waals surface area contributed by atoms with E-state index in [1.54, 1.807) is 31.2 Å². The van der Waals surface area contributed by atoms with Crippen molar-refractivity contribution in [3.8, 4) is 0 Å². The molecule has 4 rings (SSSR count). The van der Waals surface area contributed by atoms with Crippen LogP contribution in [0, 0.1) is 11.6 Å². The number of aromatic nitrogens is 4. The molecule has 33 heavy (non-hydrogen) atoms. The number of tetrazole rings is 1. The molecule has 11 heteroatoms. The van der Waals surface area contributed by atoms with Gasteiger partial charge < -0.3 is 0 Å². The molecule has 1 atom stereocenters. The van der Waals surface area contributed by atoms with Crippen molar-refractivity contribution in [3.05, 3.63) is 101 Å². The van der Waals surface area contributed by atoms with Gasteiger partial charge in [0.25, 0.3) is 10.0 Å². The summed E-state index contributed by atoms with van der Waals surface area (Å²) in [7, 11) is -4.32. The number of hydrogen-bond donors (Lipinski definition) is 0. The van der Waals surface area contributed by atoms with Crippen molar-refractivity contribution in [2.75, 3.05) is 4.31 Å². The standard InChI is InChI=1S/C22H18ClF2N5O2S/c1-15(20-5-3-2-4-16(20)13-29-14-26-27-28-29)30(22-12-18(24)8-11-21(22)25)33(31,32)19-9-6-17(23)7-10-19/h2-12,14-15H,13H2,1H3. The molecular weight excluding hydrogens is 472 g/mol. The number of sulfonamides is 1. The number of halogens is 3. The first-order valence-corrected chi connectivity index (χ1v) is 11.6. The lowest BCUT2D eigenvalue weighted by Gasteiger charge is -2.32. The Kier molecular flexibility index (Phi) is 6.39. The van der Waals surface area contributed by atoms with Gasteiger partial charge in [-0.1, -0.05) is 35.9 Å². The van der Waals surface area contributed by atoms with E-state index in [4.69, 9.17) is 11.6 Å². The van der Waals surface area contributed by atoms with Crippen LogP contribution >= 0.6 is 11.6 Å². The van der Waals surface area contributed by atoms with Crippen molar-refractivity contribution >= 4 is 27.3 Å². The van der Waals surface area contributed by atoms with Gasteiger partial charge in [0.15, 0.2) is 0 Å². The Bertz CT molecular complexity index is 1370. The summed E-state index contributed by atoms with van der Waals surface area (Å²) in [5.41, 5.74) is 0.884. The Balaban J connectivity index is 1.87. The van der Waals surface area contributed by atoms with Gasteiger partial charge in [0.2, 0.25) is 0 Å². The largest absolute Gasteiger partial charge is 0.264 e. The average molecular weight is 490 g/mol. The maximum Gasteiger partial charge on any atom is 0.264 e. The van der Waals surface area contributed by atoms with Crippen LogP contribution in [0.5, 0.6) is 0 Å². The first kappa shape index (κ1) is 22.8. The molecule has 0 fully saturated rings. The summed E-state index contributed by atoms with van der Waals surface area (Å²) in [6.45, 7) is 1.87. The maximum atomic E-state index is 14.9. The lowest BCUT2D eigenvalue weighted by molar-refractivity contribution is 0.568. The lowest BCUT2D eigenvalue weighted by atomic mass is 10.0. The van der Waals surface area contributed by atoms with Gasteiger partial charge in [0.05, 0.1) is 23.2 Å². The molecule has 0 amide bonds. The van der Waals surface area contributed by atoms with Crippen LogP contribution < -0.4 is 4.31 Å². The second-order valence-electron chi connectivity index (χ2n) is 7.23. The van der Waals surface area contributed by atoms with Crippen molar-refractivity contribution in [1.29, 1.82) is 0 Å². The Hall–Kier alpha value is -3.37. The van der Waals surface area contributed by atoms with E-state index in [0.29, 0.717) is 16.1 Å². The van der Waals surface area contributed by atoms with Crippen LogP contribution in [-0.2, 0) is 16.6 Å². The molecule has 170 valence electrons. The topological polar surface area (TPSA) is 81.0 Å². The SMILES string of the molecule is CC(c1ccccc1Cn1cnnn1)N(c1cc(F)ccc1F)S(=O)(=O)c1ccc(Cl)cc1. The molecule has 0 aliphatic heterocycles. The maximum absolute atomic E-state index is 14.9. The summed E-state index contributed by atoms with van der Waals surface area (Å²) in [5, 5.41) is 11.4. The fraction of sp³-hybridized carbons (Fsp3) is 0.136. The Morgan fingerprint density at radius 2 is 1.79 bits per heavy atom. The molecule has 3 aromatic carbocycles. The van der Waals surface area contributed by atoms with Crippen molar-refractivity contribution in [2.24, 2.45) is 0 Å². The van der Waals surface area contributed by atoms with E-state index in [1.165, 1.54) is 35.3 Å². The second kappa shape index (κ2) is 9.24. The number of rotatable bonds is 7. The first-order valence-electron chi connectivity index (χ1n) is 9.81. The minimum absolute atomic E-state index is 0.111. The third-order valence-electron chi connectivity index (χ3n) is 5.10. The van der Waals surface area contributed by atoms with E-state index in [1.807, 2.05) is 0 Å². The van der Waals surface area contributed by atoms with Gasteiger partial charge >= 0.3 is 0 Å². The van der Waals surface area contributed by atoms with Gasteiger partial charge in [-0.25, -0.2) is 21.9 Å². The van der Waals surface area contributed by atoms with E-state index >= 15 is 0 Å². The van der Waals surface area contributed by atoms with Crippen molar-refractivity contribution in [1.82, 2.24) is 20.2 Å². The van der Waals surface area contributed by atoms with Crippen LogP contribution in [0.25, 0.3) is 0 Å². The summed E-state index contributed by atoms with van der Waals surface area (Å²) < 4.78 is 58.8. The fourth-order valence-electron chi connectivity index (χ4n) is 3.56. The van der Waals surface area contributed by atoms with Crippen LogP contribution in [0.1, 0.15) is 24.1 Å². The van der Waals surface area contributed by atoms with Gasteiger partial charge in [-0.2, -0.15) is 0 Å². The van der Waals surface area contributed by atoms with Gasteiger partial charge in [-0.05, 0) is 64.9 Å². The minimum Gasteiger partial charge on any atom is -0.256 e. The molecule has 1 aromatic heterocycles. The van der Waals surface area contributed by atoms with E-state index in [2.05, 4.69) is 15.5 Å². The average Bonchev–Trinajstić information content (AvgIpc) is 3.30. The molecule has 1 heterocycles. The number of anilines is 1. The summed E-state index contributed by atoms with van der Waals surface area (Å²) >= 11 is 5.91. The summed E-state index contributed by atoms with van der Waals surface area (Å²) in [4.78, 5) is -0.111. The van der Waals surface area contributed by atoms with Crippen LogP contribution in [0.15, 0.2) is 78.0 Å². The van der Waals surface area contributed by atoms with Gasteiger partial charge in [-0.3, -0.25) is 4.31 Å². The fourth-order valence-corrected chi connectivity index (χ4v) is 5.32. The third-order valence-corrected chi connectivity index (χ3v) is 7.25. The van der Waals surface area contributed by atoms with Crippen molar-refractivity contribution < 1.29 is 17.2 Å². The molecule has 4 aromatic rings. The van der Waals surface area contributed by atoms with Crippen molar-refractivity contribution in [3.63, 3.8) is 0 Å². The van der Waals surface area contributed by atoms with Crippen LogP contribution in [0.2, 0.25) is 5.02 Å². The monoisotopic (exact) mass is 489 g/mol. The molecule has 0 spiro atoms. The summed E-state index contributed by atoms with van der Waals surface area (Å²) in [6.07, 6.45) is 1.43. The smallest absolute Gasteiger partial charge is 0.256 e. The first-order chi connectivity index (χ1) is 15.8. The van der Waals surface area contributed by atoms with E-state index in [9.17, 15) is 17.2 Å². The molecule has 1 unspecified atom stereocenters. The zero-order chi connectivity index (χ0) is 23.6. The Labute approximate surface area is 194 Å². The highest BCUT2D eigenvalue weighted by molar-refractivity contribution is 7.92. The van der Waals surface area contributed by atoms with Crippen LogP contribution in [0.4, 0.5) is 14.5 Å². The van der Waals surface area contributed by atoms with Gasteiger partial charge in [0, 0.05) is 11.1 Å². The second-order valence-corrected chi connectivity index (χ2v) is 9.48. The van der Waals surface area contributed by atoms with E-state index in [0.717, 1.165) is 22.5 Å². The highest BCUT2D eigenvalue weighted by atomic mass is 35.5. The molecule has 0 radical (unpaired) electrons.